The number of nitrogens with two attached hydrogens (primary N) is 1. The van der Waals surface area contributed by atoms with Crippen molar-refractivity contribution >= 4 is 10.0 Å². The molecule has 1 rings (SSSR count). The van der Waals surface area contributed by atoms with E-state index in [1.165, 1.54) is 19.2 Å². The summed E-state index contributed by atoms with van der Waals surface area (Å²) in [7, 11) is -2.34. The molecule has 0 radical (unpaired) electrons. The van der Waals surface area contributed by atoms with Crippen LogP contribution in [-0.2, 0) is 16.6 Å². The van der Waals surface area contributed by atoms with Crippen LogP contribution in [0, 0.1) is 5.82 Å². The number of nitrogens with zero attached hydrogens (tertiary/aromatic N) is 1. The first-order valence-electron chi connectivity index (χ1n) is 4.88. The first kappa shape index (κ1) is 13.1. The lowest BCUT2D eigenvalue weighted by Gasteiger charge is -2.15. The minimum absolute atomic E-state index is 0.179. The van der Waals surface area contributed by atoms with Gasteiger partial charge in [0.1, 0.15) is 10.7 Å². The summed E-state index contributed by atoms with van der Waals surface area (Å²) in [5.41, 5.74) is 5.98. The maximum atomic E-state index is 13.5. The molecule has 0 bridgehead atoms. The van der Waals surface area contributed by atoms with Crippen LogP contribution in [0.2, 0.25) is 0 Å². The van der Waals surface area contributed by atoms with Crippen LogP contribution < -0.4 is 5.73 Å². The average molecular weight is 246 g/mol. The molecule has 6 heteroatoms. The van der Waals surface area contributed by atoms with Gasteiger partial charge >= 0.3 is 0 Å². The molecule has 1 aromatic rings. The normalized spacial score (nSPS) is 12.1. The predicted molar refractivity (Wildman–Crippen MR) is 59.8 cm³/mol. The van der Waals surface area contributed by atoms with Crippen molar-refractivity contribution in [2.24, 2.45) is 5.73 Å². The number of hydrogen-bond acceptors (Lipinski definition) is 3. The molecule has 0 spiro atoms. The molecule has 0 fully saturated rings. The molecule has 0 unspecified atom stereocenters. The lowest BCUT2D eigenvalue weighted by molar-refractivity contribution is 0.477. The van der Waals surface area contributed by atoms with E-state index in [-0.39, 0.29) is 18.0 Å². The summed E-state index contributed by atoms with van der Waals surface area (Å²) < 4.78 is 38.3. The first-order chi connectivity index (χ1) is 7.43. The van der Waals surface area contributed by atoms with E-state index in [2.05, 4.69) is 0 Å². The van der Waals surface area contributed by atoms with E-state index < -0.39 is 15.8 Å². The summed E-state index contributed by atoms with van der Waals surface area (Å²) in [6, 6.07) is 3.87. The van der Waals surface area contributed by atoms with E-state index in [9.17, 15) is 12.8 Å². The minimum atomic E-state index is -3.75. The van der Waals surface area contributed by atoms with Crippen LogP contribution >= 0.6 is 0 Å². The van der Waals surface area contributed by atoms with Gasteiger partial charge in [-0.05, 0) is 17.7 Å². The van der Waals surface area contributed by atoms with Crippen LogP contribution in [0.1, 0.15) is 12.5 Å². The maximum Gasteiger partial charge on any atom is 0.245 e. The molecule has 90 valence electrons. The highest BCUT2D eigenvalue weighted by molar-refractivity contribution is 7.89. The van der Waals surface area contributed by atoms with Gasteiger partial charge in [0.15, 0.2) is 0 Å². The van der Waals surface area contributed by atoms with Crippen molar-refractivity contribution < 1.29 is 12.8 Å². The van der Waals surface area contributed by atoms with Gasteiger partial charge < -0.3 is 5.73 Å². The molecule has 0 amide bonds. The number of halogens is 1. The smallest absolute Gasteiger partial charge is 0.245 e. The Morgan fingerprint density at radius 3 is 2.56 bits per heavy atom. The highest BCUT2D eigenvalue weighted by Crippen LogP contribution is 2.19. The van der Waals surface area contributed by atoms with E-state index in [1.807, 2.05) is 0 Å². The van der Waals surface area contributed by atoms with Crippen LogP contribution in [0.3, 0.4) is 0 Å². The van der Waals surface area contributed by atoms with Crippen LogP contribution in [0.4, 0.5) is 4.39 Å². The lowest BCUT2D eigenvalue weighted by Crippen LogP contribution is -2.27. The average Bonchev–Trinajstić information content (AvgIpc) is 2.28. The van der Waals surface area contributed by atoms with E-state index in [0.29, 0.717) is 5.56 Å². The Hall–Kier alpha value is -0.980. The van der Waals surface area contributed by atoms with Gasteiger partial charge in [-0.3, -0.25) is 0 Å². The van der Waals surface area contributed by atoms with Crippen molar-refractivity contribution in [1.82, 2.24) is 4.31 Å². The standard InChI is InChI=1S/C10H15FN2O2S/c1-3-13(2)16(14,15)10-6-8(7-12)4-5-9(10)11/h4-6H,3,7,12H2,1-2H3. The predicted octanol–water partition coefficient (Wildman–Crippen LogP) is 0.925. The monoisotopic (exact) mass is 246 g/mol. The molecular weight excluding hydrogens is 231 g/mol. The summed E-state index contributed by atoms with van der Waals surface area (Å²) >= 11 is 0. The second kappa shape index (κ2) is 4.90. The Kier molecular flexibility index (Phi) is 4.01. The largest absolute Gasteiger partial charge is 0.326 e. The topological polar surface area (TPSA) is 63.4 Å². The molecule has 0 aromatic heterocycles. The molecule has 0 heterocycles. The molecule has 0 saturated carbocycles. The Balaban J connectivity index is 3.32. The van der Waals surface area contributed by atoms with Crippen molar-refractivity contribution in [3.63, 3.8) is 0 Å². The van der Waals surface area contributed by atoms with E-state index >= 15 is 0 Å². The van der Waals surface area contributed by atoms with Crippen molar-refractivity contribution in [3.8, 4) is 0 Å². The lowest BCUT2D eigenvalue weighted by atomic mass is 10.2. The van der Waals surface area contributed by atoms with Gasteiger partial charge in [0.05, 0.1) is 0 Å². The van der Waals surface area contributed by atoms with Gasteiger partial charge in [0.2, 0.25) is 10.0 Å². The second-order valence-corrected chi connectivity index (χ2v) is 5.40. The third-order valence-electron chi connectivity index (χ3n) is 2.36. The molecule has 1 aromatic carbocycles. The van der Waals surface area contributed by atoms with Gasteiger partial charge in [-0.15, -0.1) is 0 Å². The summed E-state index contributed by atoms with van der Waals surface area (Å²) in [6.45, 7) is 2.15. The van der Waals surface area contributed by atoms with Gasteiger partial charge in [-0.1, -0.05) is 13.0 Å². The minimum Gasteiger partial charge on any atom is -0.326 e. The molecule has 0 aliphatic carbocycles. The van der Waals surface area contributed by atoms with E-state index in [0.717, 1.165) is 10.4 Å². The van der Waals surface area contributed by atoms with Crippen molar-refractivity contribution in [2.45, 2.75) is 18.4 Å². The number of benzene rings is 1. The molecule has 2 N–H and O–H groups in total. The van der Waals surface area contributed by atoms with Crippen LogP contribution in [0.25, 0.3) is 0 Å². The number of rotatable bonds is 4. The van der Waals surface area contributed by atoms with Crippen LogP contribution in [0.5, 0.6) is 0 Å². The SMILES string of the molecule is CCN(C)S(=O)(=O)c1cc(CN)ccc1F. The fourth-order valence-corrected chi connectivity index (χ4v) is 2.50. The zero-order valence-corrected chi connectivity index (χ0v) is 10.1. The van der Waals surface area contributed by atoms with E-state index in [1.54, 1.807) is 6.92 Å². The first-order valence-corrected chi connectivity index (χ1v) is 6.32. The third-order valence-corrected chi connectivity index (χ3v) is 4.31. The van der Waals surface area contributed by atoms with Gasteiger partial charge in [-0.25, -0.2) is 17.1 Å². The Bertz CT molecular complexity index is 474. The van der Waals surface area contributed by atoms with Crippen molar-refractivity contribution in [2.75, 3.05) is 13.6 Å². The third kappa shape index (κ3) is 2.40. The maximum absolute atomic E-state index is 13.5. The quantitative estimate of drug-likeness (QED) is 0.859. The molecule has 16 heavy (non-hydrogen) atoms. The van der Waals surface area contributed by atoms with Gasteiger partial charge in [0.25, 0.3) is 0 Å². The van der Waals surface area contributed by atoms with Crippen LogP contribution in [0.15, 0.2) is 23.1 Å². The molecule has 0 saturated heterocycles. The van der Waals surface area contributed by atoms with E-state index in [4.69, 9.17) is 5.73 Å². The Morgan fingerprint density at radius 2 is 2.06 bits per heavy atom. The molecule has 0 aliphatic rings. The molecule has 4 nitrogen and oxygen atoms in total. The second-order valence-electron chi connectivity index (χ2n) is 3.39. The zero-order valence-electron chi connectivity index (χ0n) is 9.27. The Morgan fingerprint density at radius 1 is 1.44 bits per heavy atom. The highest BCUT2D eigenvalue weighted by Gasteiger charge is 2.23. The fourth-order valence-electron chi connectivity index (χ4n) is 1.21. The molecule has 0 aliphatic heterocycles. The Labute approximate surface area is 94.9 Å². The van der Waals surface area contributed by atoms with Gasteiger partial charge in [-0.2, -0.15) is 0 Å². The van der Waals surface area contributed by atoms with Crippen LogP contribution in [-0.4, -0.2) is 26.3 Å². The summed E-state index contributed by atoms with van der Waals surface area (Å²) in [5, 5.41) is 0. The number of sulfonamides is 1. The zero-order chi connectivity index (χ0) is 12.3. The fraction of sp³-hybridized carbons (Fsp3) is 0.400. The highest BCUT2D eigenvalue weighted by atomic mass is 32.2. The summed E-state index contributed by atoms with van der Waals surface area (Å²) in [6.07, 6.45) is 0. The molecular formula is C10H15FN2O2S. The number of hydrogen-bond donors (Lipinski definition) is 1. The van der Waals surface area contributed by atoms with Crippen molar-refractivity contribution in [1.29, 1.82) is 0 Å². The molecule has 0 atom stereocenters. The summed E-state index contributed by atoms with van der Waals surface area (Å²) in [5.74, 6) is -0.752. The summed E-state index contributed by atoms with van der Waals surface area (Å²) in [4.78, 5) is -0.320. The van der Waals surface area contributed by atoms with Gasteiger partial charge in [0, 0.05) is 20.1 Å². The van der Waals surface area contributed by atoms with Crippen molar-refractivity contribution in [3.05, 3.63) is 29.6 Å².